The van der Waals surface area contributed by atoms with E-state index in [1.165, 1.54) is 0 Å². The highest BCUT2D eigenvalue weighted by molar-refractivity contribution is 14.1. The first-order valence-electron chi connectivity index (χ1n) is 7.52. The van der Waals surface area contributed by atoms with Crippen LogP contribution in [0.15, 0.2) is 66.8 Å². The van der Waals surface area contributed by atoms with Gasteiger partial charge >= 0.3 is 5.97 Å². The summed E-state index contributed by atoms with van der Waals surface area (Å²) in [5, 5.41) is 0. The van der Waals surface area contributed by atoms with E-state index in [4.69, 9.17) is 9.47 Å². The maximum Gasteiger partial charge on any atom is 0.343 e. The van der Waals surface area contributed by atoms with Crippen LogP contribution in [0, 0.1) is 7.14 Å². The van der Waals surface area contributed by atoms with Crippen LogP contribution in [0.25, 0.3) is 11.8 Å². The number of benzene rings is 2. The quantitative estimate of drug-likeness (QED) is 0.213. The van der Waals surface area contributed by atoms with Crippen LogP contribution in [-0.4, -0.2) is 12.6 Å². The molecule has 0 radical (unpaired) electrons. The highest BCUT2D eigenvalue weighted by atomic mass is 127. The number of esters is 1. The maximum atomic E-state index is 12.2. The van der Waals surface area contributed by atoms with Crippen molar-refractivity contribution in [2.75, 3.05) is 6.61 Å². The number of carbonyl (C=O) groups is 1. The first-order chi connectivity index (χ1) is 12.1. The second kappa shape index (κ2) is 8.18. The van der Waals surface area contributed by atoms with Crippen LogP contribution in [-0.2, 0) is 9.53 Å². The zero-order valence-corrected chi connectivity index (χ0v) is 17.5. The minimum atomic E-state index is -0.337. The molecule has 3 nitrogen and oxygen atoms in total. The van der Waals surface area contributed by atoms with E-state index in [9.17, 15) is 4.79 Å². The monoisotopic (exact) mass is 556 g/mol. The number of halogens is 2. The predicted molar refractivity (Wildman–Crippen MR) is 116 cm³/mol. The lowest BCUT2D eigenvalue weighted by Crippen LogP contribution is -1.99. The average Bonchev–Trinajstić information content (AvgIpc) is 2.96. The van der Waals surface area contributed by atoms with Crippen LogP contribution in [0.4, 0.5) is 0 Å². The van der Waals surface area contributed by atoms with Crippen LogP contribution in [0.1, 0.15) is 11.1 Å². The van der Waals surface area contributed by atoms with Gasteiger partial charge in [0, 0.05) is 5.56 Å². The van der Waals surface area contributed by atoms with Crippen molar-refractivity contribution in [1.82, 2.24) is 0 Å². The summed E-state index contributed by atoms with van der Waals surface area (Å²) in [5.41, 5.74) is 2.35. The molecule has 0 unspecified atom stereocenters. The standard InChI is InChI=1S/C20H14I2O3/c1-2-8-24-19-16(21)10-13(11-17(19)22)9-15-12-18(25-20(15)23)14-6-4-3-5-7-14/h2-7,9-12H,1,8H2/b15-9+. The Kier molecular flexibility index (Phi) is 5.95. The summed E-state index contributed by atoms with van der Waals surface area (Å²) in [4.78, 5) is 12.2. The van der Waals surface area contributed by atoms with Gasteiger partial charge in [0.15, 0.2) is 0 Å². The van der Waals surface area contributed by atoms with Crippen molar-refractivity contribution in [3.05, 3.63) is 85.0 Å². The Morgan fingerprint density at radius 2 is 1.80 bits per heavy atom. The van der Waals surface area contributed by atoms with Crippen molar-refractivity contribution < 1.29 is 14.3 Å². The third-order valence-corrected chi connectivity index (χ3v) is 5.07. The Morgan fingerprint density at radius 1 is 1.12 bits per heavy atom. The van der Waals surface area contributed by atoms with Gasteiger partial charge in [0.1, 0.15) is 18.1 Å². The SMILES string of the molecule is C=CCOc1c(I)cc(/C=C2\C=C(c3ccccc3)OC2=O)cc1I. The van der Waals surface area contributed by atoms with E-state index in [-0.39, 0.29) is 5.97 Å². The fraction of sp³-hybridized carbons (Fsp3) is 0.0500. The van der Waals surface area contributed by atoms with Crippen molar-refractivity contribution >= 4 is 63.0 Å². The number of cyclic esters (lactones) is 1. The van der Waals surface area contributed by atoms with Crippen molar-refractivity contribution in [2.24, 2.45) is 0 Å². The van der Waals surface area contributed by atoms with Gasteiger partial charge in [-0.05, 0) is 75.0 Å². The molecule has 25 heavy (non-hydrogen) atoms. The van der Waals surface area contributed by atoms with Gasteiger partial charge in [-0.15, -0.1) is 0 Å². The van der Waals surface area contributed by atoms with Crippen molar-refractivity contribution in [3.63, 3.8) is 0 Å². The Hall–Kier alpha value is -1.61. The number of hydrogen-bond acceptors (Lipinski definition) is 3. The highest BCUT2D eigenvalue weighted by Crippen LogP contribution is 2.32. The average molecular weight is 556 g/mol. The minimum Gasteiger partial charge on any atom is -0.487 e. The lowest BCUT2D eigenvalue weighted by Gasteiger charge is -2.09. The Balaban J connectivity index is 1.91. The molecule has 0 aliphatic carbocycles. The largest absolute Gasteiger partial charge is 0.487 e. The van der Waals surface area contributed by atoms with E-state index < -0.39 is 0 Å². The third kappa shape index (κ3) is 4.33. The summed E-state index contributed by atoms with van der Waals surface area (Å²) in [7, 11) is 0. The van der Waals surface area contributed by atoms with Gasteiger partial charge in [0.05, 0.1) is 12.7 Å². The first kappa shape index (κ1) is 18.2. The zero-order valence-electron chi connectivity index (χ0n) is 13.2. The maximum absolute atomic E-state index is 12.2. The van der Waals surface area contributed by atoms with Gasteiger partial charge in [-0.3, -0.25) is 0 Å². The molecule has 3 rings (SSSR count). The molecule has 1 heterocycles. The minimum absolute atomic E-state index is 0.337. The first-order valence-corrected chi connectivity index (χ1v) is 9.68. The lowest BCUT2D eigenvalue weighted by atomic mass is 10.1. The Bertz CT molecular complexity index is 860. The summed E-state index contributed by atoms with van der Waals surface area (Å²) in [5.74, 6) is 1.07. The summed E-state index contributed by atoms with van der Waals surface area (Å²) >= 11 is 4.46. The molecule has 0 N–H and O–H groups in total. The topological polar surface area (TPSA) is 35.5 Å². The van der Waals surface area contributed by atoms with E-state index in [1.807, 2.05) is 48.5 Å². The fourth-order valence-corrected chi connectivity index (χ4v) is 4.48. The fourth-order valence-electron chi connectivity index (χ4n) is 2.36. The molecule has 5 heteroatoms. The van der Waals surface area contributed by atoms with Crippen molar-refractivity contribution in [2.45, 2.75) is 0 Å². The van der Waals surface area contributed by atoms with Gasteiger partial charge in [-0.2, -0.15) is 0 Å². The van der Waals surface area contributed by atoms with Crippen LogP contribution in [0.2, 0.25) is 0 Å². The van der Waals surface area contributed by atoms with Crippen LogP contribution in [0.3, 0.4) is 0 Å². The molecule has 2 aromatic rings. The molecule has 0 bridgehead atoms. The molecule has 0 saturated heterocycles. The van der Waals surface area contributed by atoms with Gasteiger partial charge in [0.2, 0.25) is 0 Å². The molecular weight excluding hydrogens is 542 g/mol. The number of carbonyl (C=O) groups excluding carboxylic acids is 1. The Labute approximate surface area is 173 Å². The molecule has 0 spiro atoms. The van der Waals surface area contributed by atoms with Gasteiger partial charge in [-0.25, -0.2) is 4.79 Å². The molecule has 1 aliphatic rings. The highest BCUT2D eigenvalue weighted by Gasteiger charge is 2.22. The van der Waals surface area contributed by atoms with Crippen LogP contribution in [0.5, 0.6) is 5.75 Å². The van der Waals surface area contributed by atoms with Crippen LogP contribution < -0.4 is 4.74 Å². The summed E-state index contributed by atoms with van der Waals surface area (Å²) < 4.78 is 13.0. The molecule has 0 saturated carbocycles. The number of rotatable bonds is 5. The number of hydrogen-bond donors (Lipinski definition) is 0. The molecule has 2 aromatic carbocycles. The summed E-state index contributed by atoms with van der Waals surface area (Å²) in [6.07, 6.45) is 5.33. The zero-order chi connectivity index (χ0) is 17.8. The summed E-state index contributed by atoms with van der Waals surface area (Å²) in [6, 6.07) is 13.6. The second-order valence-electron chi connectivity index (χ2n) is 5.28. The molecule has 126 valence electrons. The predicted octanol–water partition coefficient (Wildman–Crippen LogP) is 5.44. The third-order valence-electron chi connectivity index (χ3n) is 3.47. The van der Waals surface area contributed by atoms with E-state index in [0.717, 1.165) is 24.0 Å². The van der Waals surface area contributed by atoms with E-state index in [2.05, 4.69) is 51.8 Å². The van der Waals surface area contributed by atoms with Gasteiger partial charge in [-0.1, -0.05) is 43.0 Å². The second-order valence-corrected chi connectivity index (χ2v) is 7.60. The molecular formula is C20H14I2O3. The van der Waals surface area contributed by atoms with E-state index >= 15 is 0 Å². The smallest absolute Gasteiger partial charge is 0.343 e. The molecule has 0 fully saturated rings. The van der Waals surface area contributed by atoms with Crippen molar-refractivity contribution in [1.29, 1.82) is 0 Å². The molecule has 0 aromatic heterocycles. The van der Waals surface area contributed by atoms with E-state index in [0.29, 0.717) is 17.9 Å². The van der Waals surface area contributed by atoms with E-state index in [1.54, 1.807) is 12.2 Å². The van der Waals surface area contributed by atoms with Crippen LogP contribution >= 0.6 is 45.2 Å². The molecule has 0 atom stereocenters. The Morgan fingerprint density at radius 3 is 2.44 bits per heavy atom. The van der Waals surface area contributed by atoms with Gasteiger partial charge in [0.25, 0.3) is 0 Å². The number of ether oxygens (including phenoxy) is 2. The van der Waals surface area contributed by atoms with Crippen molar-refractivity contribution in [3.8, 4) is 5.75 Å². The van der Waals surface area contributed by atoms with Gasteiger partial charge < -0.3 is 9.47 Å². The summed E-state index contributed by atoms with van der Waals surface area (Å²) in [6.45, 7) is 4.12. The molecule has 0 amide bonds. The normalized spacial score (nSPS) is 15.0. The molecule has 1 aliphatic heterocycles. The lowest BCUT2D eigenvalue weighted by molar-refractivity contribution is -0.130.